The van der Waals surface area contributed by atoms with Gasteiger partial charge in [0.1, 0.15) is 6.54 Å². The molecule has 174 valence electrons. The molecule has 9 heteroatoms. The van der Waals surface area contributed by atoms with E-state index in [0.29, 0.717) is 12.0 Å². The second-order valence-corrected chi connectivity index (χ2v) is 8.82. The molecule has 0 spiro atoms. The number of nitrogens with one attached hydrogen (secondary N) is 2. The van der Waals surface area contributed by atoms with Gasteiger partial charge in [-0.1, -0.05) is 23.7 Å². The zero-order valence-electron chi connectivity index (χ0n) is 18.5. The number of hydrogen-bond acceptors (Lipinski definition) is 4. The summed E-state index contributed by atoms with van der Waals surface area (Å²) >= 11 is 5.98. The van der Waals surface area contributed by atoms with Crippen molar-refractivity contribution in [2.24, 2.45) is 10.9 Å². The van der Waals surface area contributed by atoms with Gasteiger partial charge in [0.05, 0.1) is 6.61 Å². The van der Waals surface area contributed by atoms with Crippen LogP contribution >= 0.6 is 35.6 Å². The minimum absolute atomic E-state index is 0. The van der Waals surface area contributed by atoms with Gasteiger partial charge in [0.25, 0.3) is 0 Å². The molecule has 3 rings (SSSR count). The Bertz CT molecular complexity index is 702. The predicted molar refractivity (Wildman–Crippen MR) is 136 cm³/mol. The first-order valence-electron chi connectivity index (χ1n) is 10.8. The van der Waals surface area contributed by atoms with Crippen molar-refractivity contribution in [2.45, 2.75) is 31.8 Å². The SMILES string of the molecule is CN(C)C(=O)CN=C(NCC1CCOC1)NC1CCN(Cc2ccc(Cl)cc2)CC1.I. The molecule has 0 aliphatic carbocycles. The fourth-order valence-corrected chi connectivity index (χ4v) is 3.83. The summed E-state index contributed by atoms with van der Waals surface area (Å²) < 4.78 is 5.46. The number of aliphatic imine (C=N–C) groups is 1. The number of likely N-dealkylation sites (N-methyl/N-ethyl adjacent to an activating group) is 1. The zero-order chi connectivity index (χ0) is 21.3. The number of ether oxygens (including phenoxy) is 1. The van der Waals surface area contributed by atoms with Gasteiger partial charge in [-0.2, -0.15) is 0 Å². The Morgan fingerprint density at radius 3 is 2.55 bits per heavy atom. The molecule has 7 nitrogen and oxygen atoms in total. The molecule has 1 unspecified atom stereocenters. The molecule has 2 heterocycles. The van der Waals surface area contributed by atoms with Gasteiger partial charge < -0.3 is 20.3 Å². The van der Waals surface area contributed by atoms with Gasteiger partial charge in [-0.05, 0) is 37.0 Å². The highest BCUT2D eigenvalue weighted by molar-refractivity contribution is 14.0. The van der Waals surface area contributed by atoms with Gasteiger partial charge >= 0.3 is 0 Å². The van der Waals surface area contributed by atoms with Crippen LogP contribution in [0.1, 0.15) is 24.8 Å². The topological polar surface area (TPSA) is 69.2 Å². The Kier molecular flexibility index (Phi) is 11.3. The summed E-state index contributed by atoms with van der Waals surface area (Å²) in [5, 5.41) is 7.75. The summed E-state index contributed by atoms with van der Waals surface area (Å²) in [6.07, 6.45) is 3.16. The van der Waals surface area contributed by atoms with Gasteiger partial charge in [-0.25, -0.2) is 4.99 Å². The third kappa shape index (κ3) is 9.11. The predicted octanol–water partition coefficient (Wildman–Crippen LogP) is 2.58. The van der Waals surface area contributed by atoms with E-state index in [1.54, 1.807) is 19.0 Å². The van der Waals surface area contributed by atoms with E-state index in [0.717, 1.165) is 69.6 Å². The quantitative estimate of drug-likeness (QED) is 0.303. The average Bonchev–Trinajstić information content (AvgIpc) is 3.26. The van der Waals surface area contributed by atoms with Crippen LogP contribution in [0.25, 0.3) is 0 Å². The van der Waals surface area contributed by atoms with Crippen molar-refractivity contribution in [3.05, 3.63) is 34.9 Å². The molecule has 1 amide bonds. The van der Waals surface area contributed by atoms with Crippen molar-refractivity contribution >= 4 is 47.4 Å². The third-order valence-electron chi connectivity index (χ3n) is 5.70. The molecule has 2 saturated heterocycles. The van der Waals surface area contributed by atoms with E-state index in [2.05, 4.69) is 32.7 Å². The molecule has 2 aliphatic rings. The van der Waals surface area contributed by atoms with E-state index in [9.17, 15) is 4.79 Å². The van der Waals surface area contributed by atoms with Crippen LogP contribution in [0.5, 0.6) is 0 Å². The molecule has 1 atom stereocenters. The highest BCUT2D eigenvalue weighted by atomic mass is 127. The minimum Gasteiger partial charge on any atom is -0.381 e. The van der Waals surface area contributed by atoms with Crippen molar-refractivity contribution < 1.29 is 9.53 Å². The number of carbonyl (C=O) groups excluding carboxylic acids is 1. The largest absolute Gasteiger partial charge is 0.381 e. The number of carbonyl (C=O) groups is 1. The number of likely N-dealkylation sites (tertiary alicyclic amines) is 1. The van der Waals surface area contributed by atoms with E-state index in [1.807, 2.05) is 12.1 Å². The number of hydrogen-bond donors (Lipinski definition) is 2. The third-order valence-corrected chi connectivity index (χ3v) is 5.95. The molecule has 2 fully saturated rings. The van der Waals surface area contributed by atoms with Crippen molar-refractivity contribution in [2.75, 3.05) is 53.5 Å². The maximum absolute atomic E-state index is 12.0. The van der Waals surface area contributed by atoms with E-state index >= 15 is 0 Å². The van der Waals surface area contributed by atoms with Crippen molar-refractivity contribution in [3.63, 3.8) is 0 Å². The molecule has 0 bridgehead atoms. The van der Waals surface area contributed by atoms with Gasteiger partial charge in [0.2, 0.25) is 5.91 Å². The van der Waals surface area contributed by atoms with Gasteiger partial charge in [0.15, 0.2) is 5.96 Å². The van der Waals surface area contributed by atoms with Crippen LogP contribution in [0.3, 0.4) is 0 Å². The Labute approximate surface area is 207 Å². The first kappa shape index (κ1) is 26.2. The minimum atomic E-state index is -0.00177. The fraction of sp³-hybridized carbons (Fsp3) is 0.636. The molecule has 0 aromatic heterocycles. The molecule has 0 saturated carbocycles. The summed E-state index contributed by atoms with van der Waals surface area (Å²) in [6.45, 7) is 5.59. The lowest BCUT2D eigenvalue weighted by atomic mass is 10.0. The summed E-state index contributed by atoms with van der Waals surface area (Å²) in [7, 11) is 3.51. The summed E-state index contributed by atoms with van der Waals surface area (Å²) in [4.78, 5) is 20.5. The molecule has 31 heavy (non-hydrogen) atoms. The lowest BCUT2D eigenvalue weighted by molar-refractivity contribution is -0.127. The van der Waals surface area contributed by atoms with Crippen LogP contribution in [-0.2, 0) is 16.1 Å². The van der Waals surface area contributed by atoms with Gasteiger partial charge in [-0.3, -0.25) is 9.69 Å². The first-order chi connectivity index (χ1) is 14.5. The van der Waals surface area contributed by atoms with Crippen LogP contribution in [0.4, 0.5) is 0 Å². The number of halogens is 2. The molecule has 0 radical (unpaired) electrons. The van der Waals surface area contributed by atoms with Crippen LogP contribution in [0.15, 0.2) is 29.3 Å². The van der Waals surface area contributed by atoms with Crippen molar-refractivity contribution in [1.82, 2.24) is 20.4 Å². The van der Waals surface area contributed by atoms with E-state index in [4.69, 9.17) is 16.3 Å². The molecule has 1 aromatic rings. The van der Waals surface area contributed by atoms with Gasteiger partial charge in [-0.15, -0.1) is 24.0 Å². The summed E-state index contributed by atoms with van der Waals surface area (Å²) in [6, 6.07) is 8.44. The first-order valence-corrected chi connectivity index (χ1v) is 11.2. The lowest BCUT2D eigenvalue weighted by Crippen LogP contribution is -2.49. The fourth-order valence-electron chi connectivity index (χ4n) is 3.70. The van der Waals surface area contributed by atoms with Crippen molar-refractivity contribution in [1.29, 1.82) is 0 Å². The Balaban J connectivity index is 0.00000341. The smallest absolute Gasteiger partial charge is 0.243 e. The number of amides is 1. The zero-order valence-corrected chi connectivity index (χ0v) is 21.6. The van der Waals surface area contributed by atoms with Crippen LogP contribution in [0, 0.1) is 5.92 Å². The highest BCUT2D eigenvalue weighted by Crippen LogP contribution is 2.16. The average molecular weight is 564 g/mol. The monoisotopic (exact) mass is 563 g/mol. The molecular weight excluding hydrogens is 529 g/mol. The Hall–Kier alpha value is -1.10. The van der Waals surface area contributed by atoms with E-state index in [1.165, 1.54) is 5.56 Å². The number of piperidine rings is 1. The summed E-state index contributed by atoms with van der Waals surface area (Å²) in [5.41, 5.74) is 1.29. The number of benzene rings is 1. The molecule has 2 aliphatic heterocycles. The number of nitrogens with zero attached hydrogens (tertiary/aromatic N) is 3. The van der Waals surface area contributed by atoms with Crippen LogP contribution < -0.4 is 10.6 Å². The normalized spacial score (nSPS) is 20.2. The number of guanidine groups is 1. The van der Waals surface area contributed by atoms with Crippen LogP contribution in [-0.4, -0.2) is 81.2 Å². The Morgan fingerprint density at radius 2 is 1.94 bits per heavy atom. The highest BCUT2D eigenvalue weighted by Gasteiger charge is 2.21. The summed E-state index contributed by atoms with van der Waals surface area (Å²) in [5.74, 6) is 1.23. The Morgan fingerprint density at radius 1 is 1.23 bits per heavy atom. The van der Waals surface area contributed by atoms with E-state index in [-0.39, 0.29) is 36.4 Å². The second kappa shape index (κ2) is 13.4. The number of rotatable bonds is 7. The molecule has 2 N–H and O–H groups in total. The lowest BCUT2D eigenvalue weighted by Gasteiger charge is -2.33. The standard InChI is InChI=1S/C22H34ClN5O2.HI/c1-27(2)21(29)14-25-22(24-13-18-9-12-30-16-18)26-20-7-10-28(11-8-20)15-17-3-5-19(23)6-4-17;/h3-6,18,20H,7-16H2,1-2H3,(H2,24,25,26);1H. The van der Waals surface area contributed by atoms with E-state index < -0.39 is 0 Å². The van der Waals surface area contributed by atoms with Crippen LogP contribution in [0.2, 0.25) is 5.02 Å². The molecular formula is C22H35ClIN5O2. The van der Waals surface area contributed by atoms with Gasteiger partial charge in [0, 0.05) is 63.9 Å². The molecule has 1 aromatic carbocycles. The maximum Gasteiger partial charge on any atom is 0.243 e. The second-order valence-electron chi connectivity index (χ2n) is 8.38. The maximum atomic E-state index is 12.0. The van der Waals surface area contributed by atoms with Crippen molar-refractivity contribution in [3.8, 4) is 0 Å².